The molecular formula is C28H31Cl2N5O3S. The SMILES string of the molecule is CCCN(CC(=O)Nc1nc(CC(=O)N2CCN(Cc3ccccc3)CC2)cs1)C(=O)c1ccc(Cl)c(Cl)c1. The maximum atomic E-state index is 13.0. The first-order chi connectivity index (χ1) is 18.8. The van der Waals surface area contributed by atoms with Crippen LogP contribution in [0, 0.1) is 0 Å². The highest BCUT2D eigenvalue weighted by molar-refractivity contribution is 7.13. The van der Waals surface area contributed by atoms with Gasteiger partial charge in [-0.2, -0.15) is 0 Å². The quantitative estimate of drug-likeness (QED) is 0.367. The molecule has 1 fully saturated rings. The second-order valence-corrected chi connectivity index (χ2v) is 11.0. The third kappa shape index (κ3) is 8.25. The van der Waals surface area contributed by atoms with Crippen LogP contribution in [-0.4, -0.2) is 76.7 Å². The maximum Gasteiger partial charge on any atom is 0.254 e. The predicted octanol–water partition coefficient (Wildman–Crippen LogP) is 4.83. The monoisotopic (exact) mass is 587 g/mol. The lowest BCUT2D eigenvalue weighted by molar-refractivity contribution is -0.132. The number of nitrogens with one attached hydrogen (secondary N) is 1. The van der Waals surface area contributed by atoms with Gasteiger partial charge in [0.2, 0.25) is 11.8 Å². The minimum atomic E-state index is -0.362. The summed E-state index contributed by atoms with van der Waals surface area (Å²) in [4.78, 5) is 48.7. The minimum Gasteiger partial charge on any atom is -0.340 e. The molecule has 3 amide bonds. The lowest BCUT2D eigenvalue weighted by Gasteiger charge is -2.34. The summed E-state index contributed by atoms with van der Waals surface area (Å²) < 4.78 is 0. The highest BCUT2D eigenvalue weighted by Crippen LogP contribution is 2.23. The number of anilines is 1. The Morgan fingerprint density at radius 2 is 1.77 bits per heavy atom. The first kappa shape index (κ1) is 29.0. The van der Waals surface area contributed by atoms with Gasteiger partial charge in [0, 0.05) is 50.2 Å². The van der Waals surface area contributed by atoms with E-state index in [0.717, 1.165) is 19.6 Å². The van der Waals surface area contributed by atoms with Gasteiger partial charge in [-0.25, -0.2) is 4.98 Å². The van der Waals surface area contributed by atoms with Crippen LogP contribution in [-0.2, 0) is 22.6 Å². The van der Waals surface area contributed by atoms with Gasteiger partial charge >= 0.3 is 0 Å². The van der Waals surface area contributed by atoms with Crippen molar-refractivity contribution in [2.24, 2.45) is 0 Å². The molecule has 1 N–H and O–H groups in total. The molecule has 206 valence electrons. The average molecular weight is 589 g/mol. The largest absolute Gasteiger partial charge is 0.340 e. The summed E-state index contributed by atoms with van der Waals surface area (Å²) in [6.45, 7) is 6.10. The van der Waals surface area contributed by atoms with Crippen molar-refractivity contribution in [2.45, 2.75) is 26.3 Å². The zero-order valence-electron chi connectivity index (χ0n) is 21.7. The number of carbonyl (C=O) groups is 3. The molecular weight excluding hydrogens is 557 g/mol. The van der Waals surface area contributed by atoms with Crippen molar-refractivity contribution in [1.29, 1.82) is 0 Å². The number of hydrogen-bond donors (Lipinski definition) is 1. The van der Waals surface area contributed by atoms with Crippen LogP contribution in [0.15, 0.2) is 53.9 Å². The van der Waals surface area contributed by atoms with Crippen molar-refractivity contribution < 1.29 is 14.4 Å². The molecule has 3 aromatic rings. The molecule has 2 heterocycles. The van der Waals surface area contributed by atoms with E-state index in [1.807, 2.05) is 30.0 Å². The molecule has 39 heavy (non-hydrogen) atoms. The van der Waals surface area contributed by atoms with E-state index in [-0.39, 0.29) is 35.7 Å². The van der Waals surface area contributed by atoms with E-state index in [2.05, 4.69) is 27.3 Å². The smallest absolute Gasteiger partial charge is 0.254 e. The normalized spacial score (nSPS) is 13.8. The number of halogens is 2. The summed E-state index contributed by atoms with van der Waals surface area (Å²) in [5, 5.41) is 5.57. The number of piperazine rings is 1. The number of rotatable bonds is 10. The Hall–Kier alpha value is -2.98. The fourth-order valence-electron chi connectivity index (χ4n) is 4.38. The number of carbonyl (C=O) groups excluding carboxylic acids is 3. The Balaban J connectivity index is 1.26. The highest BCUT2D eigenvalue weighted by Gasteiger charge is 2.23. The van der Waals surface area contributed by atoms with Gasteiger partial charge < -0.3 is 15.1 Å². The Labute approximate surface area is 242 Å². The molecule has 8 nitrogen and oxygen atoms in total. The maximum absolute atomic E-state index is 13.0. The van der Waals surface area contributed by atoms with Gasteiger partial charge in [-0.1, -0.05) is 60.5 Å². The van der Waals surface area contributed by atoms with Crippen molar-refractivity contribution in [3.8, 4) is 0 Å². The average Bonchev–Trinajstić information content (AvgIpc) is 3.36. The van der Waals surface area contributed by atoms with Crippen LogP contribution in [0.5, 0.6) is 0 Å². The summed E-state index contributed by atoms with van der Waals surface area (Å²) in [7, 11) is 0. The molecule has 1 aliphatic rings. The Morgan fingerprint density at radius 1 is 1.03 bits per heavy atom. The van der Waals surface area contributed by atoms with E-state index >= 15 is 0 Å². The van der Waals surface area contributed by atoms with Crippen molar-refractivity contribution in [3.05, 3.63) is 80.8 Å². The number of amides is 3. The van der Waals surface area contributed by atoms with Crippen LogP contribution in [0.2, 0.25) is 10.0 Å². The molecule has 2 aromatic carbocycles. The van der Waals surface area contributed by atoms with Crippen LogP contribution < -0.4 is 5.32 Å². The van der Waals surface area contributed by atoms with E-state index in [1.165, 1.54) is 27.9 Å². The van der Waals surface area contributed by atoms with Gasteiger partial charge in [-0.05, 0) is 30.2 Å². The molecule has 0 aliphatic carbocycles. The van der Waals surface area contributed by atoms with Gasteiger partial charge in [-0.15, -0.1) is 11.3 Å². The second-order valence-electron chi connectivity index (χ2n) is 9.37. The first-order valence-electron chi connectivity index (χ1n) is 12.8. The zero-order valence-corrected chi connectivity index (χ0v) is 24.1. The van der Waals surface area contributed by atoms with Crippen LogP contribution in [0.4, 0.5) is 5.13 Å². The van der Waals surface area contributed by atoms with E-state index in [1.54, 1.807) is 17.5 Å². The van der Waals surface area contributed by atoms with E-state index in [0.29, 0.717) is 47.5 Å². The Bertz CT molecular complexity index is 1300. The van der Waals surface area contributed by atoms with Crippen LogP contribution in [0.1, 0.15) is 35.0 Å². The van der Waals surface area contributed by atoms with Crippen molar-refractivity contribution >= 4 is 57.4 Å². The van der Waals surface area contributed by atoms with Gasteiger partial charge in [-0.3, -0.25) is 19.3 Å². The van der Waals surface area contributed by atoms with Crippen LogP contribution in [0.25, 0.3) is 0 Å². The van der Waals surface area contributed by atoms with Gasteiger partial charge in [0.1, 0.15) is 6.54 Å². The number of nitrogens with zero attached hydrogens (tertiary/aromatic N) is 4. The van der Waals surface area contributed by atoms with Crippen molar-refractivity contribution in [3.63, 3.8) is 0 Å². The molecule has 11 heteroatoms. The Kier molecular flexibility index (Phi) is 10.3. The molecule has 0 saturated carbocycles. The molecule has 0 radical (unpaired) electrons. The predicted molar refractivity (Wildman–Crippen MR) is 155 cm³/mol. The molecule has 1 aliphatic heterocycles. The van der Waals surface area contributed by atoms with Crippen LogP contribution >= 0.6 is 34.5 Å². The standard InChI is InChI=1S/C28H31Cl2N5O3S/c1-2-10-35(27(38)21-8-9-23(29)24(30)15-21)18-25(36)32-28-31-22(19-39-28)16-26(37)34-13-11-33(12-14-34)17-20-6-4-3-5-7-20/h3-9,15,19H,2,10-14,16-18H2,1H3,(H,31,32,36). The lowest BCUT2D eigenvalue weighted by atomic mass is 10.2. The first-order valence-corrected chi connectivity index (χ1v) is 14.5. The lowest BCUT2D eigenvalue weighted by Crippen LogP contribution is -2.48. The number of aromatic nitrogens is 1. The highest BCUT2D eigenvalue weighted by atomic mass is 35.5. The fourth-order valence-corrected chi connectivity index (χ4v) is 5.40. The number of benzene rings is 2. The second kappa shape index (κ2) is 13.9. The summed E-state index contributed by atoms with van der Waals surface area (Å²) in [5.41, 5.74) is 2.25. The topological polar surface area (TPSA) is 85.8 Å². The summed E-state index contributed by atoms with van der Waals surface area (Å²) in [5.74, 6) is -0.641. The molecule has 0 atom stereocenters. The third-order valence-corrected chi connectivity index (χ3v) is 7.93. The molecule has 0 unspecified atom stereocenters. The van der Waals surface area contributed by atoms with E-state index in [4.69, 9.17) is 23.2 Å². The molecule has 1 aromatic heterocycles. The fraction of sp³-hybridized carbons (Fsp3) is 0.357. The summed E-state index contributed by atoms with van der Waals surface area (Å²) in [6, 6.07) is 15.0. The van der Waals surface area contributed by atoms with Crippen molar-refractivity contribution in [1.82, 2.24) is 19.7 Å². The third-order valence-electron chi connectivity index (χ3n) is 6.39. The molecule has 4 rings (SSSR count). The van der Waals surface area contributed by atoms with Crippen molar-refractivity contribution in [2.75, 3.05) is 44.6 Å². The van der Waals surface area contributed by atoms with Gasteiger partial charge in [0.15, 0.2) is 5.13 Å². The molecule has 0 bridgehead atoms. The number of hydrogen-bond acceptors (Lipinski definition) is 6. The Morgan fingerprint density at radius 3 is 2.46 bits per heavy atom. The van der Waals surface area contributed by atoms with Crippen LogP contribution in [0.3, 0.4) is 0 Å². The number of thiazole rings is 1. The minimum absolute atomic E-state index is 0.0267. The van der Waals surface area contributed by atoms with E-state index < -0.39 is 0 Å². The molecule has 1 saturated heterocycles. The van der Waals surface area contributed by atoms with E-state index in [9.17, 15) is 14.4 Å². The molecule has 0 spiro atoms. The summed E-state index contributed by atoms with van der Waals surface area (Å²) in [6.07, 6.45) is 0.868. The van der Waals surface area contributed by atoms with Gasteiger partial charge in [0.25, 0.3) is 5.91 Å². The zero-order chi connectivity index (χ0) is 27.8. The summed E-state index contributed by atoms with van der Waals surface area (Å²) >= 11 is 13.3. The van der Waals surface area contributed by atoms with Gasteiger partial charge in [0.05, 0.1) is 22.2 Å².